The highest BCUT2D eigenvalue weighted by molar-refractivity contribution is 5.93. The fraction of sp³-hybridized carbons (Fsp3) is 0.536. The molecule has 9 heteroatoms. The lowest BCUT2D eigenvalue weighted by molar-refractivity contribution is -0.126. The van der Waals surface area contributed by atoms with Gasteiger partial charge >= 0.3 is 0 Å². The molecule has 0 aliphatic carbocycles. The van der Waals surface area contributed by atoms with Crippen LogP contribution in [0.25, 0.3) is 0 Å². The summed E-state index contributed by atoms with van der Waals surface area (Å²) in [4.78, 5) is 28.2. The zero-order chi connectivity index (χ0) is 25.4. The van der Waals surface area contributed by atoms with Gasteiger partial charge in [0.05, 0.1) is 30.2 Å². The van der Waals surface area contributed by atoms with Crippen LogP contribution in [0, 0.1) is 30.6 Å². The van der Waals surface area contributed by atoms with Gasteiger partial charge in [-0.3, -0.25) is 4.79 Å². The molecule has 194 valence electrons. The molecule has 4 aliphatic heterocycles. The molecule has 0 bridgehead atoms. The second-order valence-electron chi connectivity index (χ2n) is 10.3. The smallest absolute Gasteiger partial charge is 0.298 e. The van der Waals surface area contributed by atoms with Crippen molar-refractivity contribution in [2.24, 2.45) is 11.8 Å². The summed E-state index contributed by atoms with van der Waals surface area (Å²) < 4.78 is 11.8. The van der Waals surface area contributed by atoms with Gasteiger partial charge in [0.2, 0.25) is 0 Å². The quantitative estimate of drug-likeness (QED) is 0.642. The molecular formula is C28H34N6O3. The summed E-state index contributed by atoms with van der Waals surface area (Å²) in [6.07, 6.45) is 3.97. The number of aryl methyl sites for hydroxylation is 1. The Kier molecular flexibility index (Phi) is 6.51. The van der Waals surface area contributed by atoms with Crippen LogP contribution in [0.3, 0.4) is 0 Å². The molecule has 9 nitrogen and oxygen atoms in total. The number of carbonyl (C=O) groups is 1. The molecule has 0 spiro atoms. The van der Waals surface area contributed by atoms with Gasteiger partial charge in [0.25, 0.3) is 5.91 Å². The van der Waals surface area contributed by atoms with E-state index < -0.39 is 0 Å². The van der Waals surface area contributed by atoms with E-state index in [4.69, 9.17) is 14.5 Å². The van der Waals surface area contributed by atoms with Crippen LogP contribution >= 0.6 is 0 Å². The molecule has 0 radical (unpaired) electrons. The summed E-state index contributed by atoms with van der Waals surface area (Å²) in [7, 11) is 0. The minimum Gasteiger partial charge on any atom is -0.485 e. The number of pyridine rings is 2. The maximum atomic E-state index is 12.1. The van der Waals surface area contributed by atoms with Gasteiger partial charge < -0.3 is 29.5 Å². The Morgan fingerprint density at radius 3 is 2.65 bits per heavy atom. The predicted molar refractivity (Wildman–Crippen MR) is 142 cm³/mol. The lowest BCUT2D eigenvalue weighted by Gasteiger charge is -2.46. The van der Waals surface area contributed by atoms with Crippen LogP contribution in [0.1, 0.15) is 31.0 Å². The van der Waals surface area contributed by atoms with Crippen LogP contribution in [-0.2, 0) is 16.1 Å². The molecule has 1 N–H and O–H groups in total. The van der Waals surface area contributed by atoms with E-state index >= 15 is 0 Å². The Bertz CT molecular complexity index is 1230. The highest BCUT2D eigenvalue weighted by Gasteiger charge is 2.37. The highest BCUT2D eigenvalue weighted by atomic mass is 16.5. The average molecular weight is 503 g/mol. The van der Waals surface area contributed by atoms with Gasteiger partial charge in [0.15, 0.2) is 5.75 Å². The second-order valence-corrected chi connectivity index (χ2v) is 10.3. The van der Waals surface area contributed by atoms with Crippen molar-refractivity contribution in [1.82, 2.24) is 14.9 Å². The third kappa shape index (κ3) is 4.66. The van der Waals surface area contributed by atoms with E-state index in [9.17, 15) is 4.79 Å². The van der Waals surface area contributed by atoms with E-state index in [-0.39, 0.29) is 5.91 Å². The molecule has 0 aromatic carbocycles. The maximum absolute atomic E-state index is 12.1. The topological polar surface area (TPSA) is 83.1 Å². The highest BCUT2D eigenvalue weighted by Crippen LogP contribution is 2.41. The summed E-state index contributed by atoms with van der Waals surface area (Å²) in [5.74, 6) is 9.24. The number of piperidine rings is 1. The minimum atomic E-state index is -0.0383. The molecule has 2 aromatic heterocycles. The first-order chi connectivity index (χ1) is 18.1. The van der Waals surface area contributed by atoms with E-state index in [0.717, 1.165) is 105 Å². The van der Waals surface area contributed by atoms with Gasteiger partial charge in [-0.15, -0.1) is 0 Å². The molecule has 1 amide bonds. The minimum absolute atomic E-state index is 0.0383. The number of nitrogens with zero attached hydrogens (tertiary/aromatic N) is 5. The van der Waals surface area contributed by atoms with Gasteiger partial charge in [-0.05, 0) is 50.5 Å². The Morgan fingerprint density at radius 1 is 1.11 bits per heavy atom. The largest absolute Gasteiger partial charge is 0.485 e. The summed E-state index contributed by atoms with van der Waals surface area (Å²) in [6.45, 7) is 11.0. The number of carbonyl (C=O) groups excluding carboxylic acids is 1. The molecular weight excluding hydrogens is 468 g/mol. The average Bonchev–Trinajstić information content (AvgIpc) is 3.08. The standard InChI is InChI=1S/C28H34N6O3/c1-3-4-26(35)33-9-6-20(7-10-33)21-16-34(17-21)25-15-23-27(19(2)30-25)37-18-22-24(5-8-29-28(22)31-23)32-11-13-36-14-12-32/h5,8,15,20-21H,6-7,9-14,16-18H2,1-2H3,(H,29,31). The molecule has 6 rings (SSSR count). The summed E-state index contributed by atoms with van der Waals surface area (Å²) in [5, 5.41) is 3.56. The van der Waals surface area contributed by atoms with E-state index in [1.165, 1.54) is 0 Å². The van der Waals surface area contributed by atoms with E-state index in [1.807, 2.05) is 18.0 Å². The second kappa shape index (κ2) is 10.1. The van der Waals surface area contributed by atoms with Gasteiger partial charge in [0.1, 0.15) is 18.2 Å². The third-order valence-electron chi connectivity index (χ3n) is 8.08. The molecule has 3 saturated heterocycles. The number of ether oxygens (including phenoxy) is 2. The zero-order valence-electron chi connectivity index (χ0n) is 21.6. The normalized spacial score (nSPS) is 19.9. The van der Waals surface area contributed by atoms with Crippen LogP contribution < -0.4 is 19.9 Å². The maximum Gasteiger partial charge on any atom is 0.298 e. The number of likely N-dealkylation sites (tertiary alicyclic amines) is 1. The summed E-state index contributed by atoms with van der Waals surface area (Å²) in [6, 6.07) is 4.17. The first-order valence-electron chi connectivity index (χ1n) is 13.3. The third-order valence-corrected chi connectivity index (χ3v) is 8.08. The van der Waals surface area contributed by atoms with Crippen LogP contribution in [0.2, 0.25) is 0 Å². The van der Waals surface area contributed by atoms with Crippen molar-refractivity contribution in [1.29, 1.82) is 0 Å². The molecule has 0 atom stereocenters. The first-order valence-corrected chi connectivity index (χ1v) is 13.3. The van der Waals surface area contributed by atoms with Crippen molar-refractivity contribution in [2.45, 2.75) is 33.3 Å². The number of hydrogen-bond acceptors (Lipinski definition) is 8. The lowest BCUT2D eigenvalue weighted by atomic mass is 9.79. The molecule has 2 aromatic rings. The fourth-order valence-electron chi connectivity index (χ4n) is 5.94. The SMILES string of the molecule is CC#CC(=O)N1CCC(C2CN(c3cc4c(c(C)n3)OCc3c(N5CCOCC5)ccnc3N4)C2)CC1. The number of fused-ring (bicyclic) bond motifs is 2. The number of hydrogen-bond donors (Lipinski definition) is 1. The number of nitrogens with one attached hydrogen (secondary N) is 1. The Hall–Kier alpha value is -3.51. The van der Waals surface area contributed by atoms with Gasteiger partial charge in [-0.2, -0.15) is 0 Å². The number of anilines is 4. The number of aromatic nitrogens is 2. The molecule has 4 aliphatic rings. The monoisotopic (exact) mass is 502 g/mol. The van der Waals surface area contributed by atoms with Crippen LogP contribution in [-0.4, -0.2) is 73.3 Å². The van der Waals surface area contributed by atoms with E-state index in [2.05, 4.69) is 44.1 Å². The van der Waals surface area contributed by atoms with Crippen molar-refractivity contribution in [3.63, 3.8) is 0 Å². The molecule has 37 heavy (non-hydrogen) atoms. The van der Waals surface area contributed by atoms with Crippen LogP contribution in [0.5, 0.6) is 5.75 Å². The molecule has 6 heterocycles. The Morgan fingerprint density at radius 2 is 1.89 bits per heavy atom. The summed E-state index contributed by atoms with van der Waals surface area (Å²) >= 11 is 0. The van der Waals surface area contributed by atoms with Crippen LogP contribution in [0.4, 0.5) is 23.0 Å². The Labute approximate surface area is 218 Å². The van der Waals surface area contributed by atoms with Crippen molar-refractivity contribution in [3.05, 3.63) is 29.6 Å². The zero-order valence-corrected chi connectivity index (χ0v) is 21.6. The number of amides is 1. The van der Waals surface area contributed by atoms with Gasteiger partial charge in [-0.1, -0.05) is 5.92 Å². The van der Waals surface area contributed by atoms with Crippen molar-refractivity contribution in [2.75, 3.05) is 67.6 Å². The van der Waals surface area contributed by atoms with Crippen molar-refractivity contribution >= 4 is 28.9 Å². The predicted octanol–water partition coefficient (Wildman–Crippen LogP) is 2.96. The number of rotatable bonds is 3. The first kappa shape index (κ1) is 23.9. The molecule has 0 unspecified atom stereocenters. The van der Waals surface area contributed by atoms with E-state index in [0.29, 0.717) is 18.4 Å². The van der Waals surface area contributed by atoms with Crippen LogP contribution in [0.15, 0.2) is 18.3 Å². The van der Waals surface area contributed by atoms with E-state index in [1.54, 1.807) is 6.92 Å². The fourth-order valence-corrected chi connectivity index (χ4v) is 5.94. The summed E-state index contributed by atoms with van der Waals surface area (Å²) in [5.41, 5.74) is 4.02. The lowest BCUT2D eigenvalue weighted by Crippen LogP contribution is -2.53. The molecule has 0 saturated carbocycles. The van der Waals surface area contributed by atoms with Crippen molar-refractivity contribution < 1.29 is 14.3 Å². The Balaban J connectivity index is 1.14. The van der Waals surface area contributed by atoms with Crippen molar-refractivity contribution in [3.8, 4) is 17.6 Å². The molecule has 3 fully saturated rings. The van der Waals surface area contributed by atoms with Gasteiger partial charge in [0, 0.05) is 57.2 Å². The number of morpholine rings is 1. The van der Waals surface area contributed by atoms with Gasteiger partial charge in [-0.25, -0.2) is 9.97 Å².